The Morgan fingerprint density at radius 3 is 2.68 bits per heavy atom. The molecule has 2 aromatic rings. The van der Waals surface area contributed by atoms with Gasteiger partial charge in [-0.2, -0.15) is 0 Å². The van der Waals surface area contributed by atoms with Crippen LogP contribution in [0.3, 0.4) is 0 Å². The predicted molar refractivity (Wildman–Crippen MR) is 65.8 cm³/mol. The zero-order chi connectivity index (χ0) is 14.2. The zero-order valence-corrected chi connectivity index (χ0v) is 12.7. The first-order valence-corrected chi connectivity index (χ1v) is 6.87. The van der Waals surface area contributed by atoms with Crippen LogP contribution in [0.25, 0.3) is 10.2 Å². The molecule has 102 valence electrons. The number of carbonyl (C=O) groups excluding carboxylic acids is 1. The molecule has 4 nitrogen and oxygen atoms in total. The molecule has 0 aliphatic carbocycles. The minimum absolute atomic E-state index is 0.00889. The van der Waals surface area contributed by atoms with Crippen molar-refractivity contribution in [1.82, 2.24) is 4.98 Å². The summed E-state index contributed by atoms with van der Waals surface area (Å²) >= 11 is 2.38. The Labute approximate surface area is 118 Å². The Morgan fingerprint density at radius 1 is 1.42 bits per heavy atom. The monoisotopic (exact) mass is 353 g/mol. The molecule has 9 heteroatoms. The summed E-state index contributed by atoms with van der Waals surface area (Å²) in [5.41, 5.74) is 0.0831. The number of thiazole rings is 1. The van der Waals surface area contributed by atoms with Crippen LogP contribution in [-0.4, -0.2) is 41.3 Å². The SMILES string of the molecule is COC(=O)c1cc(OC(F)(F)F)c2nc([AsH2])sc2c1. The molecule has 2 rings (SSSR count). The van der Waals surface area contributed by atoms with E-state index in [0.29, 0.717) is 8.50 Å². The molecule has 0 bridgehead atoms. The van der Waals surface area contributed by atoms with E-state index in [4.69, 9.17) is 0 Å². The Balaban J connectivity index is 2.61. The van der Waals surface area contributed by atoms with Crippen molar-refractivity contribution in [1.29, 1.82) is 0 Å². The number of halogens is 3. The van der Waals surface area contributed by atoms with Crippen LogP contribution in [0.15, 0.2) is 12.1 Å². The van der Waals surface area contributed by atoms with Gasteiger partial charge in [0, 0.05) is 0 Å². The summed E-state index contributed by atoms with van der Waals surface area (Å²) in [4.78, 5) is 15.4. The van der Waals surface area contributed by atoms with Crippen molar-refractivity contribution in [3.8, 4) is 5.75 Å². The van der Waals surface area contributed by atoms with Gasteiger partial charge in [-0.3, -0.25) is 0 Å². The third-order valence-corrected chi connectivity index (χ3v) is 3.97. The molecule has 1 aromatic carbocycles. The van der Waals surface area contributed by atoms with E-state index in [9.17, 15) is 18.0 Å². The van der Waals surface area contributed by atoms with Crippen molar-refractivity contribution in [2.45, 2.75) is 6.36 Å². The number of alkyl halides is 3. The number of hydrogen-bond acceptors (Lipinski definition) is 5. The second-order valence-corrected chi connectivity index (χ2v) is 6.50. The van der Waals surface area contributed by atoms with Gasteiger partial charge in [0.05, 0.1) is 0 Å². The topological polar surface area (TPSA) is 48.4 Å². The molecule has 0 aliphatic heterocycles. The number of carbonyl (C=O) groups is 1. The molecule has 0 aliphatic rings. The first-order chi connectivity index (χ1) is 8.80. The van der Waals surface area contributed by atoms with Crippen LogP contribution in [0.2, 0.25) is 0 Å². The Bertz CT molecular complexity index is 641. The number of benzene rings is 1. The fourth-order valence-corrected chi connectivity index (χ4v) is 3.32. The van der Waals surface area contributed by atoms with Gasteiger partial charge in [-0.1, -0.05) is 0 Å². The number of nitrogens with zero attached hydrogens (tertiary/aromatic N) is 1. The Kier molecular flexibility index (Phi) is 3.73. The molecule has 1 aromatic heterocycles. The van der Waals surface area contributed by atoms with Crippen molar-refractivity contribution in [2.75, 3.05) is 7.11 Å². The molecule has 19 heavy (non-hydrogen) atoms. The molecular weight excluding hydrogens is 346 g/mol. The van der Waals surface area contributed by atoms with Crippen LogP contribution in [0.5, 0.6) is 5.75 Å². The molecule has 0 radical (unpaired) electrons. The van der Waals surface area contributed by atoms with Crippen LogP contribution in [0.1, 0.15) is 10.4 Å². The standard InChI is InChI=1S/C10H7AsF3NO3S/c1-17-8(16)4-2-5(18-10(12,13)14)7-6(3-4)19-9(11)15-7/h2-3H,11H2,1H3. The van der Waals surface area contributed by atoms with Crippen molar-refractivity contribution in [3.63, 3.8) is 0 Å². The van der Waals surface area contributed by atoms with Crippen molar-refractivity contribution in [2.24, 2.45) is 0 Å². The molecule has 0 amide bonds. The maximum atomic E-state index is 12.3. The van der Waals surface area contributed by atoms with Gasteiger partial charge >= 0.3 is 118 Å². The van der Waals surface area contributed by atoms with Gasteiger partial charge in [0.2, 0.25) is 0 Å². The fourth-order valence-electron chi connectivity index (χ4n) is 1.45. The Morgan fingerprint density at radius 2 is 2.11 bits per heavy atom. The number of fused-ring (bicyclic) bond motifs is 1. The average Bonchev–Trinajstić information content (AvgIpc) is 2.66. The molecule has 0 saturated carbocycles. The van der Waals surface area contributed by atoms with Crippen LogP contribution in [0, 0.1) is 0 Å². The summed E-state index contributed by atoms with van der Waals surface area (Å²) in [5.74, 6) is -1.23. The molecule has 1 unspecified atom stereocenters. The molecule has 0 spiro atoms. The van der Waals surface area contributed by atoms with E-state index in [1.807, 2.05) is 0 Å². The van der Waals surface area contributed by atoms with Crippen LogP contribution >= 0.6 is 11.3 Å². The number of aromatic nitrogens is 1. The van der Waals surface area contributed by atoms with E-state index < -0.39 is 18.1 Å². The molecule has 1 atom stereocenters. The summed E-state index contributed by atoms with van der Waals surface area (Å²) in [6.07, 6.45) is -4.84. The second kappa shape index (κ2) is 5.01. The number of ether oxygens (including phenoxy) is 2. The van der Waals surface area contributed by atoms with Gasteiger partial charge in [-0.25, -0.2) is 0 Å². The first-order valence-electron chi connectivity index (χ1n) is 4.84. The first kappa shape index (κ1) is 14.1. The van der Waals surface area contributed by atoms with Gasteiger partial charge in [-0.05, 0) is 0 Å². The van der Waals surface area contributed by atoms with Crippen molar-refractivity contribution in [3.05, 3.63) is 17.7 Å². The van der Waals surface area contributed by atoms with Crippen molar-refractivity contribution < 1.29 is 27.4 Å². The van der Waals surface area contributed by atoms with Gasteiger partial charge in [0.1, 0.15) is 0 Å². The summed E-state index contributed by atoms with van der Waals surface area (Å²) in [6.45, 7) is 0. The van der Waals surface area contributed by atoms with Crippen LogP contribution in [0.4, 0.5) is 13.2 Å². The molecule has 0 N–H and O–H groups in total. The molecule has 1 heterocycles. The van der Waals surface area contributed by atoms with Gasteiger partial charge in [0.25, 0.3) is 0 Å². The number of methoxy groups -OCH3 is 1. The Hall–Kier alpha value is -1.27. The van der Waals surface area contributed by atoms with E-state index >= 15 is 0 Å². The number of rotatable bonds is 2. The maximum absolute atomic E-state index is 12.3. The van der Waals surface area contributed by atoms with E-state index in [1.54, 1.807) is 0 Å². The number of hydrogen-bond donors (Lipinski definition) is 0. The van der Waals surface area contributed by atoms with E-state index in [2.05, 4.69) is 14.5 Å². The third-order valence-electron chi connectivity index (χ3n) is 2.12. The predicted octanol–water partition coefficient (Wildman–Crippen LogP) is 1.24. The van der Waals surface area contributed by atoms with Gasteiger partial charge in [0.15, 0.2) is 0 Å². The average molecular weight is 353 g/mol. The zero-order valence-electron chi connectivity index (χ0n) is 9.45. The quantitative estimate of drug-likeness (QED) is 0.602. The number of esters is 1. The van der Waals surface area contributed by atoms with E-state index in [1.165, 1.54) is 34.3 Å². The van der Waals surface area contributed by atoms with Crippen LogP contribution in [-0.2, 0) is 4.74 Å². The molecule has 0 fully saturated rings. The summed E-state index contributed by atoms with van der Waals surface area (Å²) in [7, 11) is 1.15. The van der Waals surface area contributed by atoms with Gasteiger partial charge < -0.3 is 0 Å². The van der Waals surface area contributed by atoms with E-state index in [0.717, 1.165) is 13.2 Å². The normalized spacial score (nSPS) is 11.6. The second-order valence-electron chi connectivity index (χ2n) is 3.41. The summed E-state index contributed by atoms with van der Waals surface area (Å²) < 4.78 is 46.5. The third kappa shape index (κ3) is 3.19. The summed E-state index contributed by atoms with van der Waals surface area (Å²) in [5, 5.41) is 0. The van der Waals surface area contributed by atoms with Crippen LogP contribution < -0.4 is 8.53 Å². The molecular formula is C10H7AsF3NO3S. The summed E-state index contributed by atoms with van der Waals surface area (Å²) in [6, 6.07) is 2.42. The fraction of sp³-hybridized carbons (Fsp3) is 0.200. The van der Waals surface area contributed by atoms with E-state index in [-0.39, 0.29) is 11.1 Å². The van der Waals surface area contributed by atoms with Gasteiger partial charge in [-0.15, -0.1) is 0 Å². The van der Waals surface area contributed by atoms with Crippen molar-refractivity contribution >= 4 is 48.2 Å². The molecule has 0 saturated heterocycles. The minimum atomic E-state index is -4.84.